The Bertz CT molecular complexity index is 1110. The highest BCUT2D eigenvalue weighted by atomic mass is 32.2. The van der Waals surface area contributed by atoms with Crippen LogP contribution in [0.2, 0.25) is 0 Å². The maximum absolute atomic E-state index is 13.0. The second-order valence-corrected chi connectivity index (χ2v) is 8.89. The van der Waals surface area contributed by atoms with E-state index >= 15 is 0 Å². The van der Waals surface area contributed by atoms with E-state index in [-0.39, 0.29) is 17.5 Å². The highest BCUT2D eigenvalue weighted by Gasteiger charge is 2.12. The SMILES string of the molecule is Cc1cccc2sc(NC(=O)CSc3nnc(-c4ccc(F)cc4)s3)nc12. The first-order valence-electron chi connectivity index (χ1n) is 7.97. The number of para-hydroxylation sites is 1. The minimum Gasteiger partial charge on any atom is -0.301 e. The molecule has 0 radical (unpaired) electrons. The minimum absolute atomic E-state index is 0.143. The van der Waals surface area contributed by atoms with Gasteiger partial charge in [-0.2, -0.15) is 0 Å². The van der Waals surface area contributed by atoms with Gasteiger partial charge in [-0.3, -0.25) is 4.79 Å². The van der Waals surface area contributed by atoms with Crippen LogP contribution in [0.4, 0.5) is 9.52 Å². The van der Waals surface area contributed by atoms with Gasteiger partial charge in [0, 0.05) is 5.56 Å². The average molecular weight is 417 g/mol. The Morgan fingerprint density at radius 3 is 2.74 bits per heavy atom. The normalized spacial score (nSPS) is 11.0. The number of aromatic nitrogens is 3. The lowest BCUT2D eigenvalue weighted by Gasteiger charge is -1.99. The standard InChI is InChI=1S/C18H13FN4OS3/c1-10-3-2-4-13-15(10)21-17(26-13)20-14(24)9-25-18-23-22-16(27-18)11-5-7-12(19)8-6-11/h2-8H,9H2,1H3,(H,20,21,24). The summed E-state index contributed by atoms with van der Waals surface area (Å²) in [6, 6.07) is 12.1. The molecule has 0 aliphatic rings. The molecule has 0 saturated heterocycles. The molecule has 0 spiro atoms. The molecule has 2 aromatic heterocycles. The summed E-state index contributed by atoms with van der Waals surface area (Å²) >= 11 is 4.14. The van der Waals surface area contributed by atoms with Gasteiger partial charge in [0.1, 0.15) is 10.8 Å². The summed E-state index contributed by atoms with van der Waals surface area (Å²) in [4.78, 5) is 16.7. The molecule has 5 nitrogen and oxygen atoms in total. The molecule has 0 aliphatic carbocycles. The van der Waals surface area contributed by atoms with Crippen LogP contribution in [0, 0.1) is 12.7 Å². The maximum Gasteiger partial charge on any atom is 0.236 e. The van der Waals surface area contributed by atoms with Crippen molar-refractivity contribution in [2.24, 2.45) is 0 Å². The zero-order valence-corrected chi connectivity index (χ0v) is 16.6. The third-order valence-electron chi connectivity index (χ3n) is 3.69. The molecule has 0 saturated carbocycles. The van der Waals surface area contributed by atoms with Crippen molar-refractivity contribution in [3.63, 3.8) is 0 Å². The van der Waals surface area contributed by atoms with E-state index in [0.717, 1.165) is 21.3 Å². The number of thioether (sulfide) groups is 1. The minimum atomic E-state index is -0.292. The van der Waals surface area contributed by atoms with Crippen LogP contribution in [0.1, 0.15) is 5.56 Å². The predicted octanol–water partition coefficient (Wildman–Crippen LogP) is 4.99. The van der Waals surface area contributed by atoms with Crippen molar-refractivity contribution in [2.45, 2.75) is 11.3 Å². The van der Waals surface area contributed by atoms with E-state index in [2.05, 4.69) is 20.5 Å². The zero-order valence-electron chi connectivity index (χ0n) is 14.1. The molecule has 0 unspecified atom stereocenters. The van der Waals surface area contributed by atoms with Crippen molar-refractivity contribution in [2.75, 3.05) is 11.1 Å². The molecule has 4 rings (SSSR count). The number of halogens is 1. The smallest absolute Gasteiger partial charge is 0.236 e. The summed E-state index contributed by atoms with van der Waals surface area (Å²) in [7, 11) is 0. The lowest BCUT2D eigenvalue weighted by molar-refractivity contribution is -0.113. The van der Waals surface area contributed by atoms with Crippen molar-refractivity contribution < 1.29 is 9.18 Å². The number of benzene rings is 2. The third kappa shape index (κ3) is 4.15. The first kappa shape index (κ1) is 18.0. The van der Waals surface area contributed by atoms with Gasteiger partial charge in [0.05, 0.1) is 16.0 Å². The second-order valence-electron chi connectivity index (χ2n) is 5.66. The quantitative estimate of drug-likeness (QED) is 0.464. The number of nitrogens with one attached hydrogen (secondary N) is 1. The van der Waals surface area contributed by atoms with Gasteiger partial charge in [-0.25, -0.2) is 9.37 Å². The molecule has 1 N–H and O–H groups in total. The number of amides is 1. The Morgan fingerprint density at radius 1 is 1.15 bits per heavy atom. The fourth-order valence-corrected chi connectivity index (χ4v) is 5.02. The number of thiazole rings is 1. The molecule has 2 heterocycles. The number of hydrogen-bond donors (Lipinski definition) is 1. The number of carbonyl (C=O) groups is 1. The van der Waals surface area contributed by atoms with E-state index < -0.39 is 0 Å². The second kappa shape index (κ2) is 7.71. The fraction of sp³-hybridized carbons (Fsp3) is 0.111. The van der Waals surface area contributed by atoms with Crippen molar-refractivity contribution in [1.29, 1.82) is 0 Å². The van der Waals surface area contributed by atoms with Gasteiger partial charge in [0.2, 0.25) is 5.91 Å². The van der Waals surface area contributed by atoms with Crippen molar-refractivity contribution >= 4 is 55.7 Å². The first-order valence-corrected chi connectivity index (χ1v) is 10.6. The van der Waals surface area contributed by atoms with Crippen molar-refractivity contribution in [3.8, 4) is 10.6 Å². The molecule has 0 bridgehead atoms. The predicted molar refractivity (Wildman–Crippen MR) is 109 cm³/mol. The summed E-state index contributed by atoms with van der Waals surface area (Å²) in [5.74, 6) is -0.220. The largest absolute Gasteiger partial charge is 0.301 e. The fourth-order valence-electron chi connectivity index (χ4n) is 2.40. The molecule has 9 heteroatoms. The Hall–Kier alpha value is -2.36. The van der Waals surface area contributed by atoms with Crippen molar-refractivity contribution in [3.05, 3.63) is 53.8 Å². The molecule has 0 aliphatic heterocycles. The maximum atomic E-state index is 13.0. The van der Waals surface area contributed by atoms with Gasteiger partial charge in [-0.05, 0) is 42.8 Å². The number of carbonyl (C=O) groups excluding carboxylic acids is 1. The van der Waals surface area contributed by atoms with Crippen LogP contribution >= 0.6 is 34.4 Å². The van der Waals surface area contributed by atoms with E-state index in [1.54, 1.807) is 12.1 Å². The molecule has 4 aromatic rings. The topological polar surface area (TPSA) is 67.8 Å². The summed E-state index contributed by atoms with van der Waals surface area (Å²) < 4.78 is 14.7. The van der Waals surface area contributed by atoms with Gasteiger partial charge in [0.15, 0.2) is 9.47 Å². The van der Waals surface area contributed by atoms with Crippen LogP contribution in [0.3, 0.4) is 0 Å². The van der Waals surface area contributed by atoms with Gasteiger partial charge >= 0.3 is 0 Å². The third-order valence-corrected chi connectivity index (χ3v) is 6.73. The van der Waals surface area contributed by atoms with Gasteiger partial charge < -0.3 is 5.32 Å². The van der Waals surface area contributed by atoms with E-state index in [9.17, 15) is 9.18 Å². The molecule has 1 amide bonds. The van der Waals surface area contributed by atoms with E-state index in [1.165, 1.54) is 46.6 Å². The highest BCUT2D eigenvalue weighted by Crippen LogP contribution is 2.30. The lowest BCUT2D eigenvalue weighted by atomic mass is 10.2. The Balaban J connectivity index is 1.37. The van der Waals surface area contributed by atoms with Crippen LogP contribution in [-0.2, 0) is 4.79 Å². The first-order chi connectivity index (χ1) is 13.1. The monoisotopic (exact) mass is 416 g/mol. The number of fused-ring (bicyclic) bond motifs is 1. The molecular weight excluding hydrogens is 403 g/mol. The molecule has 136 valence electrons. The number of rotatable bonds is 5. The van der Waals surface area contributed by atoms with Crippen LogP contribution in [0.5, 0.6) is 0 Å². The van der Waals surface area contributed by atoms with Crippen LogP contribution in [-0.4, -0.2) is 26.8 Å². The molecule has 0 fully saturated rings. The summed E-state index contributed by atoms with van der Waals surface area (Å²) in [5.41, 5.74) is 2.80. The summed E-state index contributed by atoms with van der Waals surface area (Å²) in [6.07, 6.45) is 0. The molecular formula is C18H13FN4OS3. The van der Waals surface area contributed by atoms with E-state index in [0.29, 0.717) is 14.5 Å². The Labute approximate surface area is 166 Å². The highest BCUT2D eigenvalue weighted by molar-refractivity contribution is 8.01. The van der Waals surface area contributed by atoms with E-state index in [4.69, 9.17) is 0 Å². The summed E-state index contributed by atoms with van der Waals surface area (Å²) in [5, 5.41) is 12.3. The van der Waals surface area contributed by atoms with Crippen LogP contribution < -0.4 is 5.32 Å². The zero-order chi connectivity index (χ0) is 18.8. The van der Waals surface area contributed by atoms with E-state index in [1.807, 2.05) is 25.1 Å². The number of hydrogen-bond acceptors (Lipinski definition) is 7. The molecule has 2 aromatic carbocycles. The number of nitrogens with zero attached hydrogens (tertiary/aromatic N) is 3. The Morgan fingerprint density at radius 2 is 1.96 bits per heavy atom. The van der Waals surface area contributed by atoms with Crippen molar-refractivity contribution in [1.82, 2.24) is 15.2 Å². The number of aryl methyl sites for hydroxylation is 1. The lowest BCUT2D eigenvalue weighted by Crippen LogP contribution is -2.13. The van der Waals surface area contributed by atoms with Crippen LogP contribution in [0.15, 0.2) is 46.8 Å². The summed E-state index contributed by atoms with van der Waals surface area (Å²) in [6.45, 7) is 2.00. The number of anilines is 1. The Kier molecular flexibility index (Phi) is 5.15. The average Bonchev–Trinajstić information content (AvgIpc) is 3.28. The molecule has 0 atom stereocenters. The van der Waals surface area contributed by atoms with Gasteiger partial charge in [-0.15, -0.1) is 10.2 Å². The van der Waals surface area contributed by atoms with Gasteiger partial charge in [-0.1, -0.05) is 46.6 Å². The molecule has 27 heavy (non-hydrogen) atoms. The van der Waals surface area contributed by atoms with Crippen LogP contribution in [0.25, 0.3) is 20.8 Å². The van der Waals surface area contributed by atoms with Gasteiger partial charge in [0.25, 0.3) is 0 Å².